The van der Waals surface area contributed by atoms with Gasteiger partial charge in [-0.25, -0.2) is 0 Å². The molecule has 0 amide bonds. The van der Waals surface area contributed by atoms with Gasteiger partial charge in [0.2, 0.25) is 0 Å². The summed E-state index contributed by atoms with van der Waals surface area (Å²) in [6.07, 6.45) is 12.2. The average molecular weight is 473 g/mol. The monoisotopic (exact) mass is 473 g/mol. The van der Waals surface area contributed by atoms with Gasteiger partial charge in [-0.3, -0.25) is 9.67 Å². The number of rotatable bonds is 5. The molecule has 0 aromatic carbocycles. The van der Waals surface area contributed by atoms with E-state index in [1.165, 1.54) is 44.1 Å². The van der Waals surface area contributed by atoms with Crippen LogP contribution < -0.4 is 5.32 Å². The van der Waals surface area contributed by atoms with Crippen molar-refractivity contribution in [3.8, 4) is 0 Å². The number of aromatic nitrogens is 2. The fourth-order valence-corrected chi connectivity index (χ4v) is 4.34. The van der Waals surface area contributed by atoms with Gasteiger partial charge in [0, 0.05) is 45.3 Å². The van der Waals surface area contributed by atoms with Crippen LogP contribution in [0.4, 0.5) is 0 Å². The van der Waals surface area contributed by atoms with Gasteiger partial charge in [-0.05, 0) is 43.6 Å². The van der Waals surface area contributed by atoms with Crippen LogP contribution in [0, 0.1) is 11.8 Å². The Labute approximate surface area is 176 Å². The maximum absolute atomic E-state index is 5.01. The molecule has 3 rings (SSSR count). The van der Waals surface area contributed by atoms with E-state index in [9.17, 15) is 0 Å². The van der Waals surface area contributed by atoms with Crippen LogP contribution in [-0.4, -0.2) is 46.8 Å². The maximum Gasteiger partial charge on any atom is 0.193 e. The molecule has 2 fully saturated rings. The van der Waals surface area contributed by atoms with Crippen molar-refractivity contribution in [2.45, 2.75) is 58.3 Å². The molecule has 1 atom stereocenters. The highest BCUT2D eigenvalue weighted by molar-refractivity contribution is 14.0. The molecule has 1 unspecified atom stereocenters. The van der Waals surface area contributed by atoms with Gasteiger partial charge in [0.1, 0.15) is 0 Å². The molecule has 1 aromatic heterocycles. The van der Waals surface area contributed by atoms with E-state index in [0.29, 0.717) is 5.92 Å². The van der Waals surface area contributed by atoms with Gasteiger partial charge in [0.25, 0.3) is 0 Å². The Hall–Kier alpha value is -0.790. The highest BCUT2D eigenvalue weighted by atomic mass is 127. The molecule has 1 saturated carbocycles. The zero-order valence-electron chi connectivity index (χ0n) is 16.7. The lowest BCUT2D eigenvalue weighted by Crippen LogP contribution is -2.40. The topological polar surface area (TPSA) is 45.5 Å². The van der Waals surface area contributed by atoms with E-state index >= 15 is 0 Å². The molecule has 26 heavy (non-hydrogen) atoms. The van der Waals surface area contributed by atoms with Crippen LogP contribution in [-0.2, 0) is 7.05 Å². The number of hydrogen-bond acceptors (Lipinski definition) is 2. The standard InChI is InChI=1S/C20H35N5.HI/c1-4-16-6-8-17(9-7-16)12-22-20(21-5-2)25-11-10-18(15-25)19-13-23-24(3)14-19;/h13-14,16-18H,4-12,15H2,1-3H3,(H,21,22);1H. The number of guanidine groups is 1. The van der Waals surface area contributed by atoms with Crippen molar-refractivity contribution in [3.05, 3.63) is 18.0 Å². The Bertz CT molecular complexity index is 562. The second kappa shape index (κ2) is 10.5. The Morgan fingerprint density at radius 2 is 1.92 bits per heavy atom. The second-order valence-corrected chi connectivity index (χ2v) is 7.87. The zero-order chi connectivity index (χ0) is 17.6. The number of aliphatic imine (C=N–C) groups is 1. The Kier molecular flexibility index (Phi) is 8.70. The first-order valence-corrected chi connectivity index (χ1v) is 10.2. The van der Waals surface area contributed by atoms with Crippen molar-refractivity contribution in [1.82, 2.24) is 20.0 Å². The molecule has 2 heterocycles. The lowest BCUT2D eigenvalue weighted by atomic mass is 9.81. The summed E-state index contributed by atoms with van der Waals surface area (Å²) in [5, 5.41) is 7.85. The van der Waals surface area contributed by atoms with Crippen LogP contribution in [0.2, 0.25) is 0 Å². The van der Waals surface area contributed by atoms with Crippen LogP contribution >= 0.6 is 24.0 Å². The van der Waals surface area contributed by atoms with Crippen molar-refractivity contribution >= 4 is 29.9 Å². The lowest BCUT2D eigenvalue weighted by Gasteiger charge is -2.27. The lowest BCUT2D eigenvalue weighted by molar-refractivity contribution is 0.274. The molecule has 1 aliphatic heterocycles. The summed E-state index contributed by atoms with van der Waals surface area (Å²) in [4.78, 5) is 7.46. The van der Waals surface area contributed by atoms with Crippen molar-refractivity contribution < 1.29 is 0 Å². The van der Waals surface area contributed by atoms with Crippen molar-refractivity contribution in [3.63, 3.8) is 0 Å². The third-order valence-electron chi connectivity index (χ3n) is 6.06. The highest BCUT2D eigenvalue weighted by Crippen LogP contribution is 2.31. The normalized spacial score (nSPS) is 26.7. The van der Waals surface area contributed by atoms with Crippen LogP contribution in [0.15, 0.2) is 17.4 Å². The molecule has 2 aliphatic rings. The van der Waals surface area contributed by atoms with E-state index in [4.69, 9.17) is 4.99 Å². The molecule has 6 heteroatoms. The van der Waals surface area contributed by atoms with E-state index < -0.39 is 0 Å². The number of hydrogen-bond donors (Lipinski definition) is 1. The summed E-state index contributed by atoms with van der Waals surface area (Å²) in [6, 6.07) is 0. The molecule has 1 N–H and O–H groups in total. The third-order valence-corrected chi connectivity index (χ3v) is 6.06. The number of halogens is 1. The Morgan fingerprint density at radius 1 is 1.19 bits per heavy atom. The van der Waals surface area contributed by atoms with Gasteiger partial charge < -0.3 is 10.2 Å². The van der Waals surface area contributed by atoms with Gasteiger partial charge in [-0.15, -0.1) is 24.0 Å². The summed E-state index contributed by atoms with van der Waals surface area (Å²) >= 11 is 0. The predicted molar refractivity (Wildman–Crippen MR) is 119 cm³/mol. The van der Waals surface area contributed by atoms with E-state index in [2.05, 4.69) is 35.4 Å². The minimum Gasteiger partial charge on any atom is -0.357 e. The first kappa shape index (κ1) is 21.5. The van der Waals surface area contributed by atoms with Crippen molar-refractivity contribution in [2.75, 3.05) is 26.2 Å². The second-order valence-electron chi connectivity index (χ2n) is 7.87. The molecule has 5 nitrogen and oxygen atoms in total. The molecular weight excluding hydrogens is 437 g/mol. The number of aryl methyl sites for hydroxylation is 1. The van der Waals surface area contributed by atoms with Gasteiger partial charge in [0.15, 0.2) is 5.96 Å². The summed E-state index contributed by atoms with van der Waals surface area (Å²) in [6.45, 7) is 8.57. The first-order chi connectivity index (χ1) is 12.2. The molecule has 0 radical (unpaired) electrons. The first-order valence-electron chi connectivity index (χ1n) is 10.2. The minimum absolute atomic E-state index is 0. The highest BCUT2D eigenvalue weighted by Gasteiger charge is 2.27. The molecule has 1 aliphatic carbocycles. The van der Waals surface area contributed by atoms with Gasteiger partial charge in [0.05, 0.1) is 6.20 Å². The number of nitrogens with one attached hydrogen (secondary N) is 1. The fraction of sp³-hybridized carbons (Fsp3) is 0.800. The zero-order valence-corrected chi connectivity index (χ0v) is 19.0. The largest absolute Gasteiger partial charge is 0.357 e. The smallest absolute Gasteiger partial charge is 0.193 e. The molecule has 1 aromatic rings. The van der Waals surface area contributed by atoms with Crippen LogP contribution in [0.25, 0.3) is 0 Å². The molecule has 0 bridgehead atoms. The summed E-state index contributed by atoms with van der Waals surface area (Å²) in [5.74, 6) is 3.45. The van der Waals surface area contributed by atoms with Gasteiger partial charge >= 0.3 is 0 Å². The van der Waals surface area contributed by atoms with Crippen LogP contribution in [0.5, 0.6) is 0 Å². The molecule has 148 valence electrons. The average Bonchev–Trinajstić information content (AvgIpc) is 3.28. The maximum atomic E-state index is 5.01. The summed E-state index contributed by atoms with van der Waals surface area (Å²) < 4.78 is 1.91. The van der Waals surface area contributed by atoms with Crippen LogP contribution in [0.3, 0.4) is 0 Å². The number of likely N-dealkylation sites (tertiary alicyclic amines) is 1. The van der Waals surface area contributed by atoms with E-state index in [1.54, 1.807) is 0 Å². The van der Waals surface area contributed by atoms with Crippen molar-refractivity contribution in [2.24, 2.45) is 23.9 Å². The van der Waals surface area contributed by atoms with E-state index in [-0.39, 0.29) is 24.0 Å². The Balaban J connectivity index is 0.00000243. The van der Waals surface area contributed by atoms with Crippen LogP contribution in [0.1, 0.15) is 63.9 Å². The molecule has 1 saturated heterocycles. The molecule has 0 spiro atoms. The van der Waals surface area contributed by atoms with E-state index in [1.807, 2.05) is 17.9 Å². The quantitative estimate of drug-likeness (QED) is 0.400. The van der Waals surface area contributed by atoms with Gasteiger partial charge in [-0.2, -0.15) is 5.10 Å². The molecular formula is C20H36IN5. The number of nitrogens with zero attached hydrogens (tertiary/aromatic N) is 4. The fourth-order valence-electron chi connectivity index (χ4n) is 4.34. The van der Waals surface area contributed by atoms with Crippen molar-refractivity contribution in [1.29, 1.82) is 0 Å². The third kappa shape index (κ3) is 5.60. The minimum atomic E-state index is 0. The SMILES string of the molecule is CCNC(=NCC1CCC(CC)CC1)N1CCC(c2cnn(C)c2)C1.I. The summed E-state index contributed by atoms with van der Waals surface area (Å²) in [7, 11) is 2.00. The summed E-state index contributed by atoms with van der Waals surface area (Å²) in [5.41, 5.74) is 1.36. The van der Waals surface area contributed by atoms with E-state index in [0.717, 1.165) is 44.0 Å². The predicted octanol–water partition coefficient (Wildman–Crippen LogP) is 4.01. The Morgan fingerprint density at radius 3 is 2.54 bits per heavy atom. The van der Waals surface area contributed by atoms with Gasteiger partial charge in [-0.1, -0.05) is 26.2 Å².